The average Bonchev–Trinajstić information content (AvgIpc) is 3.24. The van der Waals surface area contributed by atoms with Crippen molar-refractivity contribution in [2.45, 2.75) is 69.0 Å². The van der Waals surface area contributed by atoms with Crippen LogP contribution in [0.1, 0.15) is 39.0 Å². The number of likely N-dealkylation sites (tertiary alicyclic amines) is 1. The molecule has 0 aromatic rings. The van der Waals surface area contributed by atoms with Gasteiger partial charge in [0.05, 0.1) is 24.9 Å². The van der Waals surface area contributed by atoms with E-state index >= 15 is 0 Å². The first-order valence-electron chi connectivity index (χ1n) is 10.7. The number of fused-ring (bicyclic) bond motifs is 1. The Kier molecular flexibility index (Phi) is 2.45. The Hall–Kier alpha value is -0.200. The second-order valence-corrected chi connectivity index (χ2v) is 11.4. The lowest BCUT2D eigenvalue weighted by Crippen LogP contribution is -2.73. The summed E-state index contributed by atoms with van der Waals surface area (Å²) < 4.78 is 5.86. The highest BCUT2D eigenvalue weighted by Crippen LogP contribution is 2.84. The molecule has 5 nitrogen and oxygen atoms in total. The molecule has 0 radical (unpaired) electrons. The standard InChI is InChI=1S/C21H31NO4/c1-18-4-3-15(24)21-13(18)6-11(16(21)22(2)8-18)19-7-12(23)10(5-14(19)21)20(9-26-20)17(19)25/h10-17,23-25H,3-9H2,1-2H3/t10-,11-,12+,13?,14?,15+,16?,17+,18+,19+,20+,21+/m1/s1. The van der Waals surface area contributed by atoms with Crippen LogP contribution >= 0.6 is 0 Å². The molecule has 7 bridgehead atoms. The van der Waals surface area contributed by atoms with E-state index in [0.29, 0.717) is 36.8 Å². The van der Waals surface area contributed by atoms with Crippen LogP contribution in [0.25, 0.3) is 0 Å². The van der Waals surface area contributed by atoms with Crippen molar-refractivity contribution in [3.05, 3.63) is 0 Å². The molecule has 8 rings (SSSR count). The molecule has 6 aliphatic carbocycles. The molecule has 26 heavy (non-hydrogen) atoms. The van der Waals surface area contributed by atoms with E-state index in [1.165, 1.54) is 0 Å². The van der Waals surface area contributed by atoms with Crippen molar-refractivity contribution in [1.29, 1.82) is 0 Å². The molecule has 144 valence electrons. The number of piperidine rings is 1. The third kappa shape index (κ3) is 1.22. The summed E-state index contributed by atoms with van der Waals surface area (Å²) in [7, 11) is 2.25. The summed E-state index contributed by atoms with van der Waals surface area (Å²) in [5, 5.41) is 34.0. The summed E-state index contributed by atoms with van der Waals surface area (Å²) in [5.41, 5.74) is -0.538. The van der Waals surface area contributed by atoms with Gasteiger partial charge >= 0.3 is 0 Å². The van der Waals surface area contributed by atoms with E-state index in [-0.39, 0.29) is 34.4 Å². The fourth-order valence-electron chi connectivity index (χ4n) is 10.6. The van der Waals surface area contributed by atoms with Crippen molar-refractivity contribution < 1.29 is 20.1 Å². The van der Waals surface area contributed by atoms with E-state index in [9.17, 15) is 15.3 Å². The van der Waals surface area contributed by atoms with Crippen LogP contribution in [0.4, 0.5) is 0 Å². The zero-order valence-corrected chi connectivity index (χ0v) is 15.8. The molecule has 0 aromatic carbocycles. The van der Waals surface area contributed by atoms with Crippen LogP contribution in [0.5, 0.6) is 0 Å². The van der Waals surface area contributed by atoms with Gasteiger partial charge in [0.1, 0.15) is 5.60 Å². The van der Waals surface area contributed by atoms with Gasteiger partial charge in [0, 0.05) is 29.3 Å². The number of aliphatic hydroxyl groups excluding tert-OH is 3. The number of hydrogen-bond donors (Lipinski definition) is 3. The molecule has 12 atom stereocenters. The van der Waals surface area contributed by atoms with E-state index in [2.05, 4.69) is 18.9 Å². The largest absolute Gasteiger partial charge is 0.393 e. The maximum Gasteiger partial charge on any atom is 0.123 e. The van der Waals surface area contributed by atoms with Gasteiger partial charge in [-0.3, -0.25) is 0 Å². The minimum Gasteiger partial charge on any atom is -0.393 e. The fraction of sp³-hybridized carbons (Fsp3) is 1.00. The second kappa shape index (κ2) is 4.06. The summed E-state index contributed by atoms with van der Waals surface area (Å²) in [4.78, 5) is 2.54. The molecule has 8 aliphatic rings. The van der Waals surface area contributed by atoms with Crippen LogP contribution in [0.3, 0.4) is 0 Å². The van der Waals surface area contributed by atoms with Crippen molar-refractivity contribution in [2.75, 3.05) is 20.2 Å². The minimum atomic E-state index is -0.481. The van der Waals surface area contributed by atoms with Crippen LogP contribution in [0.15, 0.2) is 0 Å². The predicted molar refractivity (Wildman–Crippen MR) is 93.1 cm³/mol. The van der Waals surface area contributed by atoms with Crippen molar-refractivity contribution in [1.82, 2.24) is 4.90 Å². The van der Waals surface area contributed by atoms with Gasteiger partial charge in [-0.25, -0.2) is 0 Å². The molecule has 3 N–H and O–H groups in total. The number of epoxide rings is 1. The third-order valence-corrected chi connectivity index (χ3v) is 11.0. The molecule has 3 unspecified atom stereocenters. The van der Waals surface area contributed by atoms with Gasteiger partial charge in [-0.05, 0) is 62.3 Å². The van der Waals surface area contributed by atoms with Gasteiger partial charge in [0.25, 0.3) is 0 Å². The smallest absolute Gasteiger partial charge is 0.123 e. The molecule has 0 amide bonds. The van der Waals surface area contributed by atoms with Crippen molar-refractivity contribution in [3.8, 4) is 0 Å². The Labute approximate surface area is 154 Å². The molecule has 2 aliphatic heterocycles. The number of rotatable bonds is 0. The van der Waals surface area contributed by atoms with Crippen LogP contribution in [-0.2, 0) is 4.74 Å². The SMILES string of the molecule is CN1C[C@]2(C)CC[C@H](O)[C@]34C1[C@@H](CC23)[C@@]12C[C@H](O)[C@@H](CC41)[C@@]1(CO1)[C@H]2O. The first-order valence-corrected chi connectivity index (χ1v) is 10.7. The molecule has 8 fully saturated rings. The quantitative estimate of drug-likeness (QED) is 0.552. The lowest BCUT2D eigenvalue weighted by molar-refractivity contribution is -0.271. The molecule has 0 aromatic heterocycles. The summed E-state index contributed by atoms with van der Waals surface area (Å²) in [6.45, 7) is 4.16. The van der Waals surface area contributed by atoms with Crippen molar-refractivity contribution in [2.24, 2.45) is 39.9 Å². The van der Waals surface area contributed by atoms with Crippen molar-refractivity contribution >= 4 is 0 Å². The Morgan fingerprint density at radius 1 is 1.08 bits per heavy atom. The van der Waals surface area contributed by atoms with E-state index < -0.39 is 11.7 Å². The zero-order chi connectivity index (χ0) is 17.9. The molecule has 6 saturated carbocycles. The first-order chi connectivity index (χ1) is 12.3. The summed E-state index contributed by atoms with van der Waals surface area (Å²) >= 11 is 0. The topological polar surface area (TPSA) is 76.5 Å². The summed E-state index contributed by atoms with van der Waals surface area (Å²) in [6.07, 6.45) is 3.69. The molecule has 5 heteroatoms. The Balaban J connectivity index is 1.48. The second-order valence-electron chi connectivity index (χ2n) is 11.4. The third-order valence-electron chi connectivity index (χ3n) is 11.0. The predicted octanol–water partition coefficient (Wildman–Crippen LogP) is 0.614. The van der Waals surface area contributed by atoms with Gasteiger partial charge in [-0.2, -0.15) is 0 Å². The number of aliphatic hydroxyl groups is 3. The first kappa shape index (κ1) is 15.7. The highest BCUT2D eigenvalue weighted by atomic mass is 16.6. The van der Waals surface area contributed by atoms with Gasteiger partial charge in [0.15, 0.2) is 0 Å². The lowest BCUT2D eigenvalue weighted by atomic mass is 9.38. The van der Waals surface area contributed by atoms with Gasteiger partial charge < -0.3 is 25.0 Å². The minimum absolute atomic E-state index is 0.0458. The highest BCUT2D eigenvalue weighted by molar-refractivity contribution is 5.37. The summed E-state index contributed by atoms with van der Waals surface area (Å²) in [6, 6.07) is 0.357. The van der Waals surface area contributed by atoms with E-state index in [1.807, 2.05) is 0 Å². The molecular weight excluding hydrogens is 330 g/mol. The van der Waals surface area contributed by atoms with E-state index in [4.69, 9.17) is 4.74 Å². The normalized spacial score (nSPS) is 72.8. The van der Waals surface area contributed by atoms with Gasteiger partial charge in [-0.1, -0.05) is 6.92 Å². The highest BCUT2D eigenvalue weighted by Gasteiger charge is 2.88. The Morgan fingerprint density at radius 3 is 2.54 bits per heavy atom. The van der Waals surface area contributed by atoms with Crippen LogP contribution < -0.4 is 0 Å². The molecule has 3 spiro atoms. The van der Waals surface area contributed by atoms with E-state index in [1.54, 1.807) is 0 Å². The van der Waals surface area contributed by atoms with Crippen LogP contribution in [-0.4, -0.2) is 70.4 Å². The number of hydrogen-bond acceptors (Lipinski definition) is 5. The maximum absolute atomic E-state index is 11.6. The molecule has 2 saturated heterocycles. The van der Waals surface area contributed by atoms with Gasteiger partial charge in [-0.15, -0.1) is 0 Å². The molecular formula is C21H31NO4. The Morgan fingerprint density at radius 2 is 1.81 bits per heavy atom. The van der Waals surface area contributed by atoms with E-state index in [0.717, 1.165) is 32.2 Å². The fourth-order valence-corrected chi connectivity index (χ4v) is 10.6. The molecule has 2 heterocycles. The maximum atomic E-state index is 11.6. The van der Waals surface area contributed by atoms with Crippen LogP contribution in [0.2, 0.25) is 0 Å². The van der Waals surface area contributed by atoms with Crippen molar-refractivity contribution in [3.63, 3.8) is 0 Å². The van der Waals surface area contributed by atoms with Gasteiger partial charge in [0.2, 0.25) is 0 Å². The lowest BCUT2D eigenvalue weighted by Gasteiger charge is -2.69. The number of ether oxygens (including phenoxy) is 1. The zero-order valence-electron chi connectivity index (χ0n) is 15.8. The summed E-state index contributed by atoms with van der Waals surface area (Å²) in [5.74, 6) is 1.33. The van der Waals surface area contributed by atoms with Crippen LogP contribution in [0, 0.1) is 39.9 Å². The number of nitrogens with zero attached hydrogens (tertiary/aromatic N) is 1. The average molecular weight is 361 g/mol. The monoisotopic (exact) mass is 361 g/mol. The Bertz CT molecular complexity index is 710.